The Hall–Kier alpha value is -0.420. The Kier molecular flexibility index (Phi) is 3.66. The minimum atomic E-state index is -4.10. The van der Waals surface area contributed by atoms with Gasteiger partial charge in [0.2, 0.25) is 0 Å². The van der Waals surface area contributed by atoms with E-state index in [0.717, 1.165) is 4.47 Å². The van der Waals surface area contributed by atoms with Crippen LogP contribution >= 0.6 is 23.5 Å². The number of anilines is 1. The summed E-state index contributed by atoms with van der Waals surface area (Å²) < 4.78 is 11.6. The Morgan fingerprint density at radius 3 is 2.64 bits per heavy atom. The number of nitrogens with zero attached hydrogens (tertiary/aromatic N) is 1. The number of pyridine rings is 1. The topological polar surface area (TPSA) is 82.5 Å². The highest BCUT2D eigenvalue weighted by molar-refractivity contribution is 9.10. The van der Waals surface area contributed by atoms with Crippen molar-refractivity contribution in [1.29, 1.82) is 0 Å². The van der Waals surface area contributed by atoms with Crippen molar-refractivity contribution < 1.29 is 14.4 Å². The molecule has 7 heteroatoms. The zero-order valence-electron chi connectivity index (χ0n) is 7.38. The lowest BCUT2D eigenvalue weighted by Crippen LogP contribution is -2.15. The quantitative estimate of drug-likeness (QED) is 0.736. The van der Waals surface area contributed by atoms with Gasteiger partial charge in [-0.1, -0.05) is 0 Å². The van der Waals surface area contributed by atoms with Gasteiger partial charge in [-0.3, -0.25) is 4.57 Å². The summed E-state index contributed by atoms with van der Waals surface area (Å²) in [6, 6.07) is 3.37. The SMILES string of the molecule is CC(Nc1ccc(Br)cn1)P(=O)(O)O. The molecule has 1 heterocycles. The maximum Gasteiger partial charge on any atom is 0.347 e. The van der Waals surface area contributed by atoms with Gasteiger partial charge in [-0.05, 0) is 35.0 Å². The minimum Gasteiger partial charge on any atom is -0.356 e. The van der Waals surface area contributed by atoms with Crippen LogP contribution in [-0.2, 0) is 4.57 Å². The maximum atomic E-state index is 10.8. The largest absolute Gasteiger partial charge is 0.356 e. The first-order chi connectivity index (χ1) is 6.39. The Bertz CT molecular complexity index is 350. The number of hydrogen-bond donors (Lipinski definition) is 3. The second-order valence-electron chi connectivity index (χ2n) is 2.77. The summed E-state index contributed by atoms with van der Waals surface area (Å²) in [5.74, 6) is -0.500. The van der Waals surface area contributed by atoms with Crippen molar-refractivity contribution in [2.75, 3.05) is 5.32 Å². The van der Waals surface area contributed by atoms with Gasteiger partial charge in [-0.25, -0.2) is 4.98 Å². The van der Waals surface area contributed by atoms with Gasteiger partial charge >= 0.3 is 7.60 Å². The van der Waals surface area contributed by atoms with E-state index in [-0.39, 0.29) is 0 Å². The van der Waals surface area contributed by atoms with Gasteiger partial charge in [0.1, 0.15) is 11.6 Å². The molecule has 0 amide bonds. The molecule has 0 fully saturated rings. The van der Waals surface area contributed by atoms with Gasteiger partial charge in [-0.2, -0.15) is 0 Å². The summed E-state index contributed by atoms with van der Waals surface area (Å²) in [4.78, 5) is 21.6. The molecular formula is C7H10BrN2O3P. The van der Waals surface area contributed by atoms with Crippen LogP contribution in [0.25, 0.3) is 0 Å². The minimum absolute atomic E-state index is 0.434. The first-order valence-corrected chi connectivity index (χ1v) is 6.30. The third kappa shape index (κ3) is 3.38. The molecule has 3 N–H and O–H groups in total. The van der Waals surface area contributed by atoms with E-state index in [0.29, 0.717) is 5.82 Å². The van der Waals surface area contributed by atoms with E-state index in [4.69, 9.17) is 9.79 Å². The summed E-state index contributed by atoms with van der Waals surface area (Å²) in [7, 11) is -4.10. The van der Waals surface area contributed by atoms with Crippen LogP contribution in [0.2, 0.25) is 0 Å². The first kappa shape index (κ1) is 11.7. The molecule has 0 bridgehead atoms. The van der Waals surface area contributed by atoms with Crippen LogP contribution in [0.5, 0.6) is 0 Å². The normalized spacial score (nSPS) is 13.7. The van der Waals surface area contributed by atoms with E-state index in [2.05, 4.69) is 26.2 Å². The molecule has 5 nitrogen and oxygen atoms in total. The molecule has 1 unspecified atom stereocenters. The average Bonchev–Trinajstić information content (AvgIpc) is 2.07. The Balaban J connectivity index is 2.70. The van der Waals surface area contributed by atoms with E-state index in [1.54, 1.807) is 18.3 Å². The van der Waals surface area contributed by atoms with Gasteiger partial charge in [0.05, 0.1) is 0 Å². The second-order valence-corrected chi connectivity index (χ2v) is 5.64. The van der Waals surface area contributed by atoms with Gasteiger partial charge in [-0.15, -0.1) is 0 Å². The molecule has 1 atom stereocenters. The lowest BCUT2D eigenvalue weighted by molar-refractivity contribution is 0.364. The van der Waals surface area contributed by atoms with Crippen LogP contribution in [0.3, 0.4) is 0 Å². The molecular weight excluding hydrogens is 271 g/mol. The van der Waals surface area contributed by atoms with Crippen LogP contribution in [0.15, 0.2) is 22.8 Å². The third-order valence-electron chi connectivity index (χ3n) is 1.59. The number of nitrogens with one attached hydrogen (secondary N) is 1. The fourth-order valence-corrected chi connectivity index (χ4v) is 1.29. The van der Waals surface area contributed by atoms with E-state index in [1.807, 2.05) is 0 Å². The predicted octanol–water partition coefficient (Wildman–Crippen LogP) is 1.78. The van der Waals surface area contributed by atoms with Crippen LogP contribution < -0.4 is 5.32 Å². The molecule has 0 saturated carbocycles. The summed E-state index contributed by atoms with van der Waals surface area (Å²) in [5.41, 5.74) is 0. The molecule has 1 aromatic heterocycles. The van der Waals surface area contributed by atoms with Gasteiger partial charge in [0, 0.05) is 10.7 Å². The van der Waals surface area contributed by atoms with Crippen LogP contribution in [0.4, 0.5) is 5.82 Å². The van der Waals surface area contributed by atoms with Crippen molar-refractivity contribution >= 4 is 29.3 Å². The second kappa shape index (κ2) is 4.40. The summed E-state index contributed by atoms with van der Waals surface area (Å²) >= 11 is 3.21. The van der Waals surface area contributed by atoms with Gasteiger partial charge < -0.3 is 15.1 Å². The van der Waals surface area contributed by atoms with Gasteiger partial charge in [0.25, 0.3) is 0 Å². The molecule has 0 saturated heterocycles. The molecule has 0 aliphatic carbocycles. The predicted molar refractivity (Wildman–Crippen MR) is 57.1 cm³/mol. The molecule has 1 rings (SSSR count). The van der Waals surface area contributed by atoms with Crippen LogP contribution in [0, 0.1) is 0 Å². The highest BCUT2D eigenvalue weighted by atomic mass is 79.9. The van der Waals surface area contributed by atoms with E-state index >= 15 is 0 Å². The maximum absolute atomic E-state index is 10.8. The lowest BCUT2D eigenvalue weighted by atomic mass is 10.4. The van der Waals surface area contributed by atoms with Crippen LogP contribution in [-0.4, -0.2) is 20.6 Å². The third-order valence-corrected chi connectivity index (χ3v) is 3.20. The smallest absolute Gasteiger partial charge is 0.347 e. The fraction of sp³-hybridized carbons (Fsp3) is 0.286. The van der Waals surface area contributed by atoms with Gasteiger partial charge in [0.15, 0.2) is 0 Å². The van der Waals surface area contributed by atoms with Crippen molar-refractivity contribution in [1.82, 2.24) is 4.98 Å². The Labute approximate surface area is 89.8 Å². The zero-order valence-corrected chi connectivity index (χ0v) is 9.86. The number of halogens is 1. The molecule has 0 radical (unpaired) electrons. The van der Waals surface area contributed by atoms with E-state index in [9.17, 15) is 4.57 Å². The highest BCUT2D eigenvalue weighted by Gasteiger charge is 2.23. The van der Waals surface area contributed by atoms with E-state index < -0.39 is 13.4 Å². The molecule has 0 spiro atoms. The number of hydrogen-bond acceptors (Lipinski definition) is 3. The highest BCUT2D eigenvalue weighted by Crippen LogP contribution is 2.40. The lowest BCUT2D eigenvalue weighted by Gasteiger charge is -2.15. The standard InChI is InChI=1S/C7H10BrN2O3P/c1-5(14(11,12)13)10-7-3-2-6(8)4-9-7/h2-5H,1H3,(H,9,10)(H2,11,12,13). The molecule has 1 aromatic rings. The Morgan fingerprint density at radius 2 is 2.21 bits per heavy atom. The zero-order chi connectivity index (χ0) is 10.8. The fourth-order valence-electron chi connectivity index (χ4n) is 0.759. The number of aromatic nitrogens is 1. The van der Waals surface area contributed by atoms with Crippen molar-refractivity contribution in [3.05, 3.63) is 22.8 Å². The molecule has 0 aromatic carbocycles. The van der Waals surface area contributed by atoms with E-state index in [1.165, 1.54) is 6.92 Å². The molecule has 0 aliphatic rings. The van der Waals surface area contributed by atoms with Crippen molar-refractivity contribution in [2.24, 2.45) is 0 Å². The first-order valence-electron chi connectivity index (χ1n) is 3.83. The summed E-state index contributed by atoms with van der Waals surface area (Å²) in [6.45, 7) is 1.41. The monoisotopic (exact) mass is 280 g/mol. The van der Waals surface area contributed by atoms with Crippen molar-refractivity contribution in [2.45, 2.75) is 12.7 Å². The van der Waals surface area contributed by atoms with Crippen molar-refractivity contribution in [3.8, 4) is 0 Å². The molecule has 14 heavy (non-hydrogen) atoms. The summed E-state index contributed by atoms with van der Waals surface area (Å²) in [5, 5.41) is 2.61. The molecule has 78 valence electrons. The Morgan fingerprint density at radius 1 is 1.57 bits per heavy atom. The van der Waals surface area contributed by atoms with Crippen molar-refractivity contribution in [3.63, 3.8) is 0 Å². The van der Waals surface area contributed by atoms with Crippen LogP contribution in [0.1, 0.15) is 6.92 Å². The number of rotatable bonds is 3. The average molecular weight is 281 g/mol. The molecule has 0 aliphatic heterocycles. The summed E-state index contributed by atoms with van der Waals surface area (Å²) in [6.07, 6.45) is 1.55.